The number of thioether (sulfide) groups is 1. The van der Waals surface area contributed by atoms with Gasteiger partial charge in [-0.2, -0.15) is 0 Å². The molecule has 0 saturated carbocycles. The van der Waals surface area contributed by atoms with Crippen molar-refractivity contribution in [1.82, 2.24) is 4.90 Å². The van der Waals surface area contributed by atoms with Gasteiger partial charge in [0.25, 0.3) is 5.91 Å². The van der Waals surface area contributed by atoms with Crippen LogP contribution in [0, 0.1) is 0 Å². The van der Waals surface area contributed by atoms with Gasteiger partial charge in [0.05, 0.1) is 11.5 Å². The van der Waals surface area contributed by atoms with Gasteiger partial charge < -0.3 is 9.84 Å². The second-order valence-electron chi connectivity index (χ2n) is 5.96. The van der Waals surface area contributed by atoms with Gasteiger partial charge in [0.1, 0.15) is 10.1 Å². The number of carboxylic acids is 1. The predicted octanol–water partition coefficient (Wildman–Crippen LogP) is 4.32. The minimum Gasteiger partial charge on any atom is -0.494 e. The fourth-order valence-electron chi connectivity index (χ4n) is 2.47. The number of amides is 1. The van der Waals surface area contributed by atoms with Gasteiger partial charge in [-0.05, 0) is 36.6 Å². The van der Waals surface area contributed by atoms with Crippen molar-refractivity contribution in [2.45, 2.75) is 39.0 Å². The number of aliphatic carboxylic acids is 1. The molecule has 1 fully saturated rings. The molecule has 0 unspecified atom stereocenters. The second kappa shape index (κ2) is 10.3. The Hall–Kier alpha value is -1.86. The Kier molecular flexibility index (Phi) is 8.12. The van der Waals surface area contributed by atoms with E-state index in [9.17, 15) is 9.59 Å². The Labute approximate surface area is 163 Å². The Morgan fingerprint density at radius 2 is 2.15 bits per heavy atom. The highest BCUT2D eigenvalue weighted by atomic mass is 32.2. The molecule has 140 valence electrons. The Balaban J connectivity index is 1.99. The van der Waals surface area contributed by atoms with E-state index in [0.29, 0.717) is 28.8 Å². The third-order valence-corrected chi connectivity index (χ3v) is 5.20. The summed E-state index contributed by atoms with van der Waals surface area (Å²) < 4.78 is 6.22. The minimum atomic E-state index is -0.873. The summed E-state index contributed by atoms with van der Waals surface area (Å²) in [6, 6.07) is 7.62. The monoisotopic (exact) mass is 393 g/mol. The second-order valence-corrected chi connectivity index (χ2v) is 7.63. The SMILES string of the molecule is CCCCCOc1cccc(/C=C2\SC(=S)N(CCCC(=O)O)C2=O)c1. The number of hydrogen-bond donors (Lipinski definition) is 1. The summed E-state index contributed by atoms with van der Waals surface area (Å²) in [7, 11) is 0. The van der Waals surface area contributed by atoms with Crippen LogP contribution in [0.2, 0.25) is 0 Å². The van der Waals surface area contributed by atoms with Gasteiger partial charge in [0, 0.05) is 13.0 Å². The largest absolute Gasteiger partial charge is 0.494 e. The molecule has 0 bridgehead atoms. The van der Waals surface area contributed by atoms with E-state index in [1.54, 1.807) is 6.08 Å². The number of ether oxygens (including phenoxy) is 1. The van der Waals surface area contributed by atoms with E-state index in [0.717, 1.165) is 30.6 Å². The minimum absolute atomic E-state index is 0.0214. The standard InChI is InChI=1S/C19H23NO4S2/c1-2-3-4-11-24-15-8-5-7-14(12-15)13-16-18(23)20(19(25)26-16)10-6-9-17(21)22/h5,7-8,12-13H,2-4,6,9-11H2,1H3,(H,21,22)/b16-13-. The van der Waals surface area contributed by atoms with Crippen LogP contribution in [-0.4, -0.2) is 39.4 Å². The zero-order chi connectivity index (χ0) is 18.9. The van der Waals surface area contributed by atoms with E-state index >= 15 is 0 Å². The lowest BCUT2D eigenvalue weighted by atomic mass is 10.2. The molecule has 0 spiro atoms. The summed E-state index contributed by atoms with van der Waals surface area (Å²) in [4.78, 5) is 25.1. The van der Waals surface area contributed by atoms with Crippen molar-refractivity contribution in [2.75, 3.05) is 13.2 Å². The molecule has 1 amide bonds. The number of benzene rings is 1. The average Bonchev–Trinajstić information content (AvgIpc) is 2.86. The smallest absolute Gasteiger partial charge is 0.303 e. The van der Waals surface area contributed by atoms with Crippen LogP contribution in [0.15, 0.2) is 29.2 Å². The van der Waals surface area contributed by atoms with Gasteiger partial charge in [-0.3, -0.25) is 14.5 Å². The number of thiocarbonyl (C=S) groups is 1. The van der Waals surface area contributed by atoms with Crippen molar-refractivity contribution >= 4 is 46.3 Å². The summed E-state index contributed by atoms with van der Waals surface area (Å²) in [5, 5.41) is 8.72. The molecule has 1 aromatic carbocycles. The van der Waals surface area contributed by atoms with Crippen LogP contribution in [0.5, 0.6) is 5.75 Å². The molecule has 26 heavy (non-hydrogen) atoms. The molecule has 5 nitrogen and oxygen atoms in total. The number of carbonyl (C=O) groups excluding carboxylic acids is 1. The van der Waals surface area contributed by atoms with Crippen LogP contribution < -0.4 is 4.74 Å². The molecule has 1 heterocycles. The number of carbonyl (C=O) groups is 2. The first-order valence-corrected chi connectivity index (χ1v) is 9.93. The molecule has 1 saturated heterocycles. The fraction of sp³-hybridized carbons (Fsp3) is 0.421. The molecule has 1 aliphatic heterocycles. The van der Waals surface area contributed by atoms with Gasteiger partial charge in [-0.25, -0.2) is 0 Å². The Bertz CT molecular complexity index is 703. The van der Waals surface area contributed by atoms with Gasteiger partial charge >= 0.3 is 5.97 Å². The highest BCUT2D eigenvalue weighted by Gasteiger charge is 2.31. The molecule has 1 N–H and O–H groups in total. The third kappa shape index (κ3) is 6.14. The van der Waals surface area contributed by atoms with E-state index in [-0.39, 0.29) is 12.3 Å². The molecule has 0 aliphatic carbocycles. The van der Waals surface area contributed by atoms with Gasteiger partial charge in [-0.1, -0.05) is 55.9 Å². The molecule has 7 heteroatoms. The number of rotatable bonds is 10. The van der Waals surface area contributed by atoms with Crippen molar-refractivity contribution < 1.29 is 19.4 Å². The van der Waals surface area contributed by atoms with Crippen LogP contribution in [0.25, 0.3) is 6.08 Å². The normalized spacial score (nSPS) is 15.7. The van der Waals surface area contributed by atoms with Crippen LogP contribution in [-0.2, 0) is 9.59 Å². The molecule has 2 rings (SSSR count). The average molecular weight is 394 g/mol. The maximum Gasteiger partial charge on any atom is 0.303 e. The third-order valence-electron chi connectivity index (χ3n) is 3.82. The van der Waals surface area contributed by atoms with Crippen molar-refractivity contribution in [2.24, 2.45) is 0 Å². The lowest BCUT2D eigenvalue weighted by molar-refractivity contribution is -0.137. The van der Waals surface area contributed by atoms with Crippen LogP contribution in [0.3, 0.4) is 0 Å². The Morgan fingerprint density at radius 3 is 2.88 bits per heavy atom. The number of unbranched alkanes of at least 4 members (excludes halogenated alkanes) is 2. The molecule has 0 radical (unpaired) electrons. The number of carboxylic acid groups (broad SMARTS) is 1. The van der Waals surface area contributed by atoms with Crippen LogP contribution in [0.4, 0.5) is 0 Å². The number of nitrogens with zero attached hydrogens (tertiary/aromatic N) is 1. The Morgan fingerprint density at radius 1 is 1.35 bits per heavy atom. The first-order chi connectivity index (χ1) is 12.5. The molecular formula is C19H23NO4S2. The summed E-state index contributed by atoms with van der Waals surface area (Å²) >= 11 is 6.50. The lowest BCUT2D eigenvalue weighted by Gasteiger charge is -2.13. The lowest BCUT2D eigenvalue weighted by Crippen LogP contribution is -2.29. The van der Waals surface area contributed by atoms with E-state index in [1.165, 1.54) is 16.7 Å². The fourth-order valence-corrected chi connectivity index (χ4v) is 3.78. The zero-order valence-corrected chi connectivity index (χ0v) is 16.4. The molecule has 1 aliphatic rings. The van der Waals surface area contributed by atoms with Crippen molar-refractivity contribution in [3.8, 4) is 5.75 Å². The van der Waals surface area contributed by atoms with Crippen molar-refractivity contribution in [3.63, 3.8) is 0 Å². The topological polar surface area (TPSA) is 66.8 Å². The van der Waals surface area contributed by atoms with Crippen molar-refractivity contribution in [3.05, 3.63) is 34.7 Å². The molecular weight excluding hydrogens is 370 g/mol. The maximum atomic E-state index is 12.5. The van der Waals surface area contributed by atoms with Gasteiger partial charge in [-0.15, -0.1) is 0 Å². The van der Waals surface area contributed by atoms with Crippen molar-refractivity contribution in [1.29, 1.82) is 0 Å². The van der Waals surface area contributed by atoms with Gasteiger partial charge in [0.2, 0.25) is 0 Å². The first-order valence-electron chi connectivity index (χ1n) is 8.71. The highest BCUT2D eigenvalue weighted by molar-refractivity contribution is 8.26. The summed E-state index contributed by atoms with van der Waals surface area (Å²) in [5.41, 5.74) is 0.879. The number of hydrogen-bond acceptors (Lipinski definition) is 5. The van der Waals surface area contributed by atoms with E-state index in [1.807, 2.05) is 24.3 Å². The summed E-state index contributed by atoms with van der Waals surface area (Å²) in [6.07, 6.45) is 5.52. The first kappa shape index (κ1) is 20.5. The van der Waals surface area contributed by atoms with Crippen LogP contribution in [0.1, 0.15) is 44.6 Å². The molecule has 1 aromatic rings. The molecule has 0 atom stereocenters. The predicted molar refractivity (Wildman–Crippen MR) is 108 cm³/mol. The van der Waals surface area contributed by atoms with E-state index < -0.39 is 5.97 Å². The summed E-state index contributed by atoms with van der Waals surface area (Å²) in [5.74, 6) is -0.256. The zero-order valence-electron chi connectivity index (χ0n) is 14.8. The maximum absolute atomic E-state index is 12.5. The van der Waals surface area contributed by atoms with E-state index in [2.05, 4.69) is 6.92 Å². The highest BCUT2D eigenvalue weighted by Crippen LogP contribution is 2.33. The quantitative estimate of drug-likeness (QED) is 0.363. The summed E-state index contributed by atoms with van der Waals surface area (Å²) in [6.45, 7) is 3.16. The van der Waals surface area contributed by atoms with E-state index in [4.69, 9.17) is 22.1 Å². The molecule has 0 aromatic heterocycles. The van der Waals surface area contributed by atoms with Gasteiger partial charge in [0.15, 0.2) is 0 Å². The van der Waals surface area contributed by atoms with Crippen LogP contribution >= 0.6 is 24.0 Å².